The van der Waals surface area contributed by atoms with Crippen LogP contribution in [0.2, 0.25) is 0 Å². The summed E-state index contributed by atoms with van der Waals surface area (Å²) >= 11 is 0. The summed E-state index contributed by atoms with van der Waals surface area (Å²) in [5.74, 6) is 0.787. The van der Waals surface area contributed by atoms with Crippen molar-refractivity contribution in [2.75, 3.05) is 33.2 Å². The molecule has 0 bridgehead atoms. The standard InChI is InChI=1S/C12H26N2O/c1-11(2)5-4-8-14(3)10-12(15)6-7-13-9-12/h11,13,15H,4-10H2,1-3H3. The van der Waals surface area contributed by atoms with Crippen LogP contribution < -0.4 is 5.32 Å². The first-order valence-corrected chi connectivity index (χ1v) is 6.13. The summed E-state index contributed by atoms with van der Waals surface area (Å²) in [5, 5.41) is 13.4. The molecule has 1 aliphatic heterocycles. The van der Waals surface area contributed by atoms with Crippen LogP contribution in [-0.4, -0.2) is 48.8 Å². The summed E-state index contributed by atoms with van der Waals surface area (Å²) in [4.78, 5) is 2.26. The van der Waals surface area contributed by atoms with Gasteiger partial charge >= 0.3 is 0 Å². The molecule has 3 heteroatoms. The van der Waals surface area contributed by atoms with Gasteiger partial charge in [-0.1, -0.05) is 13.8 Å². The number of rotatable bonds is 6. The second kappa shape index (κ2) is 5.83. The minimum Gasteiger partial charge on any atom is -0.387 e. The molecule has 0 amide bonds. The molecule has 0 aliphatic carbocycles. The Kier molecular flexibility index (Phi) is 5.03. The highest BCUT2D eigenvalue weighted by Crippen LogP contribution is 2.15. The minimum atomic E-state index is -0.480. The number of likely N-dealkylation sites (N-methyl/N-ethyl adjacent to an activating group) is 1. The zero-order valence-corrected chi connectivity index (χ0v) is 10.4. The van der Waals surface area contributed by atoms with Gasteiger partial charge in [0.25, 0.3) is 0 Å². The maximum atomic E-state index is 10.2. The van der Waals surface area contributed by atoms with Crippen molar-refractivity contribution >= 4 is 0 Å². The van der Waals surface area contributed by atoms with Crippen molar-refractivity contribution < 1.29 is 5.11 Å². The topological polar surface area (TPSA) is 35.5 Å². The molecule has 90 valence electrons. The molecule has 1 unspecified atom stereocenters. The van der Waals surface area contributed by atoms with Gasteiger partial charge in [0, 0.05) is 13.1 Å². The first-order chi connectivity index (χ1) is 7.02. The maximum Gasteiger partial charge on any atom is 0.0909 e. The molecule has 3 nitrogen and oxygen atoms in total. The van der Waals surface area contributed by atoms with Crippen LogP contribution in [0.25, 0.3) is 0 Å². The maximum absolute atomic E-state index is 10.2. The van der Waals surface area contributed by atoms with Gasteiger partial charge in [0.1, 0.15) is 0 Å². The Labute approximate surface area is 93.9 Å². The zero-order valence-electron chi connectivity index (χ0n) is 10.4. The predicted octanol–water partition coefficient (Wildman–Crippen LogP) is 1.08. The smallest absolute Gasteiger partial charge is 0.0909 e. The number of aliphatic hydroxyl groups is 1. The normalized spacial score (nSPS) is 26.8. The van der Waals surface area contributed by atoms with Crippen LogP contribution >= 0.6 is 0 Å². The molecule has 15 heavy (non-hydrogen) atoms. The van der Waals surface area contributed by atoms with E-state index in [0.717, 1.165) is 38.5 Å². The van der Waals surface area contributed by atoms with Gasteiger partial charge in [0.15, 0.2) is 0 Å². The van der Waals surface area contributed by atoms with Gasteiger partial charge in [-0.15, -0.1) is 0 Å². The third kappa shape index (κ3) is 4.96. The highest BCUT2D eigenvalue weighted by Gasteiger charge is 2.31. The average Bonchev–Trinajstić information content (AvgIpc) is 2.50. The Balaban J connectivity index is 2.14. The second-order valence-corrected chi connectivity index (χ2v) is 5.42. The van der Waals surface area contributed by atoms with Crippen molar-refractivity contribution in [2.24, 2.45) is 5.92 Å². The van der Waals surface area contributed by atoms with Gasteiger partial charge in [-0.25, -0.2) is 0 Å². The Hall–Kier alpha value is -0.120. The molecule has 1 fully saturated rings. The second-order valence-electron chi connectivity index (χ2n) is 5.42. The van der Waals surface area contributed by atoms with Crippen molar-refractivity contribution in [2.45, 2.75) is 38.7 Å². The number of nitrogens with zero attached hydrogens (tertiary/aromatic N) is 1. The Morgan fingerprint density at radius 1 is 1.47 bits per heavy atom. The molecule has 0 aromatic rings. The van der Waals surface area contributed by atoms with E-state index < -0.39 is 5.60 Å². The van der Waals surface area contributed by atoms with Crippen molar-refractivity contribution in [3.8, 4) is 0 Å². The van der Waals surface area contributed by atoms with Crippen LogP contribution in [-0.2, 0) is 0 Å². The summed E-state index contributed by atoms with van der Waals surface area (Å²) < 4.78 is 0. The van der Waals surface area contributed by atoms with Crippen LogP contribution in [0.4, 0.5) is 0 Å². The van der Waals surface area contributed by atoms with E-state index in [-0.39, 0.29) is 0 Å². The predicted molar refractivity (Wildman–Crippen MR) is 64.0 cm³/mol. The van der Waals surface area contributed by atoms with Gasteiger partial charge in [-0.2, -0.15) is 0 Å². The average molecular weight is 214 g/mol. The van der Waals surface area contributed by atoms with Crippen LogP contribution in [0.3, 0.4) is 0 Å². The molecule has 0 aromatic carbocycles. The van der Waals surface area contributed by atoms with Gasteiger partial charge in [0.05, 0.1) is 5.60 Å². The molecular weight excluding hydrogens is 188 g/mol. The fourth-order valence-electron chi connectivity index (χ4n) is 2.22. The van der Waals surface area contributed by atoms with Crippen molar-refractivity contribution in [1.82, 2.24) is 10.2 Å². The van der Waals surface area contributed by atoms with Crippen molar-refractivity contribution in [3.05, 3.63) is 0 Å². The molecule has 1 aliphatic rings. The van der Waals surface area contributed by atoms with Crippen LogP contribution in [0.5, 0.6) is 0 Å². The lowest BCUT2D eigenvalue weighted by molar-refractivity contribution is 0.0279. The van der Waals surface area contributed by atoms with Crippen LogP contribution in [0.1, 0.15) is 33.1 Å². The lowest BCUT2D eigenvalue weighted by atomic mass is 10.0. The van der Waals surface area contributed by atoms with Gasteiger partial charge in [-0.05, 0) is 45.3 Å². The number of hydrogen-bond donors (Lipinski definition) is 2. The third-order valence-corrected chi connectivity index (χ3v) is 3.11. The largest absolute Gasteiger partial charge is 0.387 e. The molecule has 1 rings (SSSR count). The van der Waals surface area contributed by atoms with E-state index in [1.54, 1.807) is 0 Å². The molecule has 0 radical (unpaired) electrons. The Morgan fingerprint density at radius 2 is 2.20 bits per heavy atom. The fourth-order valence-corrected chi connectivity index (χ4v) is 2.22. The van der Waals surface area contributed by atoms with E-state index in [2.05, 4.69) is 31.1 Å². The molecule has 1 heterocycles. The quantitative estimate of drug-likeness (QED) is 0.694. The Morgan fingerprint density at radius 3 is 2.73 bits per heavy atom. The monoisotopic (exact) mass is 214 g/mol. The van der Waals surface area contributed by atoms with Gasteiger partial charge in [-0.3, -0.25) is 0 Å². The first-order valence-electron chi connectivity index (χ1n) is 6.13. The van der Waals surface area contributed by atoms with E-state index in [1.165, 1.54) is 12.8 Å². The molecule has 0 spiro atoms. The van der Waals surface area contributed by atoms with E-state index in [9.17, 15) is 5.11 Å². The van der Waals surface area contributed by atoms with E-state index >= 15 is 0 Å². The van der Waals surface area contributed by atoms with Gasteiger partial charge < -0.3 is 15.3 Å². The SMILES string of the molecule is CC(C)CCCN(C)CC1(O)CCNC1. The summed E-state index contributed by atoms with van der Waals surface area (Å²) in [5.41, 5.74) is -0.480. The van der Waals surface area contributed by atoms with Crippen LogP contribution in [0.15, 0.2) is 0 Å². The number of hydrogen-bond acceptors (Lipinski definition) is 3. The summed E-state index contributed by atoms with van der Waals surface area (Å²) in [7, 11) is 2.11. The third-order valence-electron chi connectivity index (χ3n) is 3.11. The summed E-state index contributed by atoms with van der Waals surface area (Å²) in [6, 6.07) is 0. The zero-order chi connectivity index (χ0) is 11.3. The highest BCUT2D eigenvalue weighted by atomic mass is 16.3. The molecule has 2 N–H and O–H groups in total. The number of β-amino-alcohol motifs (C(OH)–C–C–N with tert-alkyl or cyclic N) is 1. The molecule has 0 saturated carbocycles. The van der Waals surface area contributed by atoms with E-state index in [1.807, 2.05) is 0 Å². The van der Waals surface area contributed by atoms with E-state index in [0.29, 0.717) is 0 Å². The molecule has 0 aromatic heterocycles. The first kappa shape index (κ1) is 12.9. The Bertz CT molecular complexity index is 176. The molecule has 1 saturated heterocycles. The lowest BCUT2D eigenvalue weighted by Gasteiger charge is -2.28. The number of nitrogens with one attached hydrogen (secondary N) is 1. The van der Waals surface area contributed by atoms with Crippen molar-refractivity contribution in [3.63, 3.8) is 0 Å². The lowest BCUT2D eigenvalue weighted by Crippen LogP contribution is -2.43. The van der Waals surface area contributed by atoms with Crippen LogP contribution in [0, 0.1) is 5.92 Å². The minimum absolute atomic E-state index is 0.480. The van der Waals surface area contributed by atoms with E-state index in [4.69, 9.17) is 0 Å². The molecular formula is C12H26N2O. The van der Waals surface area contributed by atoms with Gasteiger partial charge in [0.2, 0.25) is 0 Å². The highest BCUT2D eigenvalue weighted by molar-refractivity contribution is 4.89. The summed E-state index contributed by atoms with van der Waals surface area (Å²) in [6.07, 6.45) is 3.40. The van der Waals surface area contributed by atoms with Crippen molar-refractivity contribution in [1.29, 1.82) is 0 Å². The molecule has 1 atom stereocenters. The fraction of sp³-hybridized carbons (Fsp3) is 1.00. The summed E-state index contributed by atoms with van der Waals surface area (Å²) in [6.45, 7) is 8.12.